The van der Waals surface area contributed by atoms with Crippen molar-refractivity contribution in [1.29, 1.82) is 0 Å². The van der Waals surface area contributed by atoms with Crippen LogP contribution in [0.25, 0.3) is 0 Å². The van der Waals surface area contributed by atoms with E-state index in [1.54, 1.807) is 6.92 Å². The highest BCUT2D eigenvalue weighted by Crippen LogP contribution is 1.75. The fraction of sp³-hybridized carbons (Fsp3) is 0.500. The Labute approximate surface area is 37.2 Å². The maximum atomic E-state index is 4.83. The van der Waals surface area contributed by atoms with Crippen LogP contribution in [0.15, 0.2) is 0 Å². The molecule has 2 heteroatoms. The van der Waals surface area contributed by atoms with Gasteiger partial charge in [0.2, 0.25) is 0 Å². The Morgan fingerprint density at radius 2 is 2.50 bits per heavy atom. The summed E-state index contributed by atoms with van der Waals surface area (Å²) in [5.74, 6) is 6.91. The number of hydrogen-bond donors (Lipinski definition) is 1. The normalized spacial score (nSPS) is 12.8. The van der Waals surface area contributed by atoms with Gasteiger partial charge in [0, 0.05) is 0 Å². The Balaban J connectivity index is 3.04. The van der Waals surface area contributed by atoms with Crippen molar-refractivity contribution in [1.82, 2.24) is 0 Å². The minimum atomic E-state index is -0.259. The molecule has 0 bridgehead atoms. The molecule has 0 aromatic rings. The average Bonchev–Trinajstić information content (AvgIpc) is 1.65. The number of nitrogens with two attached hydrogens (primary N) is 1. The Morgan fingerprint density at radius 1 is 2.00 bits per heavy atom. The standard InChI is InChI=1S/C4H7NO/c1-3-4(2)6-5/h1,4H,5H2,2H3/t4-/m0/s1. The van der Waals surface area contributed by atoms with Crippen LogP contribution in [0.5, 0.6) is 0 Å². The zero-order chi connectivity index (χ0) is 4.99. The fourth-order valence-corrected chi connectivity index (χ4v) is 0.0393. The first-order valence-corrected chi connectivity index (χ1v) is 1.63. The van der Waals surface area contributed by atoms with E-state index in [0.29, 0.717) is 0 Å². The first-order valence-electron chi connectivity index (χ1n) is 1.63. The van der Waals surface area contributed by atoms with Crippen LogP contribution in [0.2, 0.25) is 0 Å². The molecule has 1 atom stereocenters. The highest BCUT2D eigenvalue weighted by atomic mass is 16.6. The van der Waals surface area contributed by atoms with Crippen LogP contribution >= 0.6 is 0 Å². The summed E-state index contributed by atoms with van der Waals surface area (Å²) in [6, 6.07) is 0. The molecule has 0 rings (SSSR count). The van der Waals surface area contributed by atoms with Gasteiger partial charge in [-0.25, -0.2) is 5.90 Å². The van der Waals surface area contributed by atoms with E-state index in [-0.39, 0.29) is 6.10 Å². The average molecular weight is 85.1 g/mol. The van der Waals surface area contributed by atoms with E-state index >= 15 is 0 Å². The predicted molar refractivity (Wildman–Crippen MR) is 23.6 cm³/mol. The van der Waals surface area contributed by atoms with Gasteiger partial charge in [-0.2, -0.15) is 0 Å². The van der Waals surface area contributed by atoms with Gasteiger partial charge in [-0.3, -0.25) is 4.84 Å². The Morgan fingerprint density at radius 3 is 2.50 bits per heavy atom. The molecule has 0 heterocycles. The third kappa shape index (κ3) is 1.77. The quantitative estimate of drug-likeness (QED) is 0.356. The molecule has 0 radical (unpaired) electrons. The van der Waals surface area contributed by atoms with Crippen molar-refractivity contribution >= 4 is 0 Å². The Hall–Kier alpha value is -0.520. The van der Waals surface area contributed by atoms with Crippen molar-refractivity contribution in [3.8, 4) is 12.3 Å². The van der Waals surface area contributed by atoms with E-state index in [1.165, 1.54) is 0 Å². The van der Waals surface area contributed by atoms with Crippen LogP contribution in [0.1, 0.15) is 6.92 Å². The van der Waals surface area contributed by atoms with Gasteiger partial charge in [0.1, 0.15) is 6.10 Å². The van der Waals surface area contributed by atoms with Crippen LogP contribution in [-0.4, -0.2) is 6.10 Å². The van der Waals surface area contributed by atoms with Gasteiger partial charge in [0.15, 0.2) is 0 Å². The van der Waals surface area contributed by atoms with E-state index in [4.69, 9.17) is 6.42 Å². The van der Waals surface area contributed by atoms with Crippen LogP contribution in [0.4, 0.5) is 0 Å². The van der Waals surface area contributed by atoms with Gasteiger partial charge in [0.05, 0.1) is 0 Å². The SMILES string of the molecule is C#C[C@H](C)ON. The van der Waals surface area contributed by atoms with Crippen LogP contribution in [0.3, 0.4) is 0 Å². The molecule has 0 amide bonds. The number of rotatable bonds is 1. The molecular formula is C4H7NO. The third-order valence-electron chi connectivity index (χ3n) is 0.439. The van der Waals surface area contributed by atoms with Crippen molar-refractivity contribution in [2.45, 2.75) is 13.0 Å². The third-order valence-corrected chi connectivity index (χ3v) is 0.439. The van der Waals surface area contributed by atoms with Crippen LogP contribution in [-0.2, 0) is 4.84 Å². The molecule has 0 saturated carbocycles. The highest BCUT2D eigenvalue weighted by molar-refractivity contribution is 4.90. The topological polar surface area (TPSA) is 35.2 Å². The Kier molecular flexibility index (Phi) is 2.47. The zero-order valence-electron chi connectivity index (χ0n) is 3.64. The van der Waals surface area contributed by atoms with Gasteiger partial charge in [-0.1, -0.05) is 5.92 Å². The van der Waals surface area contributed by atoms with E-state index in [2.05, 4.69) is 16.7 Å². The molecule has 0 aliphatic heterocycles. The first-order chi connectivity index (χ1) is 2.81. The number of hydrogen-bond acceptors (Lipinski definition) is 2. The molecule has 2 N–H and O–H groups in total. The molecule has 0 aliphatic carbocycles. The highest BCUT2D eigenvalue weighted by Gasteiger charge is 1.85. The van der Waals surface area contributed by atoms with Crippen molar-refractivity contribution in [2.75, 3.05) is 0 Å². The zero-order valence-corrected chi connectivity index (χ0v) is 3.64. The van der Waals surface area contributed by atoms with Crippen molar-refractivity contribution < 1.29 is 4.84 Å². The van der Waals surface area contributed by atoms with Crippen molar-refractivity contribution in [2.24, 2.45) is 5.90 Å². The van der Waals surface area contributed by atoms with Gasteiger partial charge in [-0.05, 0) is 6.92 Å². The fourth-order valence-electron chi connectivity index (χ4n) is 0.0393. The summed E-state index contributed by atoms with van der Waals surface area (Å²) < 4.78 is 0. The molecule has 0 saturated heterocycles. The Bertz CT molecular complexity index is 64.4. The lowest BCUT2D eigenvalue weighted by atomic mass is 10.4. The van der Waals surface area contributed by atoms with E-state index in [0.717, 1.165) is 0 Å². The molecule has 2 nitrogen and oxygen atoms in total. The molecule has 0 fully saturated rings. The summed E-state index contributed by atoms with van der Waals surface area (Å²) in [6.07, 6.45) is 4.57. The van der Waals surface area contributed by atoms with E-state index < -0.39 is 0 Å². The van der Waals surface area contributed by atoms with E-state index in [9.17, 15) is 0 Å². The van der Waals surface area contributed by atoms with E-state index in [1.807, 2.05) is 0 Å². The van der Waals surface area contributed by atoms with Crippen molar-refractivity contribution in [3.63, 3.8) is 0 Å². The lowest BCUT2D eigenvalue weighted by Gasteiger charge is -1.93. The minimum Gasteiger partial charge on any atom is -0.289 e. The summed E-state index contributed by atoms with van der Waals surface area (Å²) in [7, 11) is 0. The molecule has 0 unspecified atom stereocenters. The molecule has 34 valence electrons. The number of terminal acetylenes is 1. The summed E-state index contributed by atoms with van der Waals surface area (Å²) in [4.78, 5) is 4.16. The second kappa shape index (κ2) is 2.70. The predicted octanol–water partition coefficient (Wildman–Crippen LogP) is -0.102. The molecule has 0 spiro atoms. The van der Waals surface area contributed by atoms with Crippen LogP contribution < -0.4 is 5.90 Å². The molecule has 0 aromatic carbocycles. The van der Waals surface area contributed by atoms with Gasteiger partial charge in [-0.15, -0.1) is 6.42 Å². The smallest absolute Gasteiger partial charge is 0.136 e. The second-order valence-corrected chi connectivity index (χ2v) is 0.945. The molecule has 6 heavy (non-hydrogen) atoms. The van der Waals surface area contributed by atoms with Gasteiger partial charge in [0.25, 0.3) is 0 Å². The summed E-state index contributed by atoms with van der Waals surface area (Å²) in [5.41, 5.74) is 0. The van der Waals surface area contributed by atoms with Crippen LogP contribution in [0, 0.1) is 12.3 Å². The monoisotopic (exact) mass is 85.1 g/mol. The maximum Gasteiger partial charge on any atom is 0.136 e. The first kappa shape index (κ1) is 5.48. The second-order valence-electron chi connectivity index (χ2n) is 0.945. The lowest BCUT2D eigenvalue weighted by Crippen LogP contribution is -2.09. The van der Waals surface area contributed by atoms with Crippen molar-refractivity contribution in [3.05, 3.63) is 0 Å². The largest absolute Gasteiger partial charge is 0.289 e. The summed E-state index contributed by atoms with van der Waals surface area (Å²) >= 11 is 0. The maximum absolute atomic E-state index is 4.83. The lowest BCUT2D eigenvalue weighted by molar-refractivity contribution is 0.106. The minimum absolute atomic E-state index is 0.259. The molecule has 0 aromatic heterocycles. The summed E-state index contributed by atoms with van der Waals surface area (Å²) in [5, 5.41) is 0. The van der Waals surface area contributed by atoms with Gasteiger partial charge >= 0.3 is 0 Å². The van der Waals surface area contributed by atoms with Gasteiger partial charge < -0.3 is 0 Å². The molecule has 0 aliphatic rings. The summed E-state index contributed by atoms with van der Waals surface area (Å²) in [6.45, 7) is 1.69. The molecular weight excluding hydrogens is 78.0 g/mol.